The number of halogens is 4. The molecule has 2 N–H and O–H groups in total. The van der Waals surface area contributed by atoms with Gasteiger partial charge in [-0.15, -0.1) is 0 Å². The van der Waals surface area contributed by atoms with E-state index in [4.69, 9.17) is 5.11 Å². The Morgan fingerprint density at radius 1 is 1.11 bits per heavy atom. The van der Waals surface area contributed by atoms with E-state index in [1.807, 2.05) is 0 Å². The summed E-state index contributed by atoms with van der Waals surface area (Å²) in [4.78, 5) is 49.7. The fraction of sp³-hybridized carbons (Fsp3) is 0.292. The smallest absolute Gasteiger partial charge is 0.420 e. The van der Waals surface area contributed by atoms with Crippen LogP contribution >= 0.6 is 0 Å². The van der Waals surface area contributed by atoms with E-state index < -0.39 is 77.7 Å². The molecule has 0 unspecified atom stereocenters. The third kappa shape index (κ3) is 5.58. The molecule has 2 aromatic rings. The van der Waals surface area contributed by atoms with Gasteiger partial charge in [0.1, 0.15) is 12.6 Å². The molecule has 0 spiro atoms. The van der Waals surface area contributed by atoms with Crippen molar-refractivity contribution in [3.05, 3.63) is 64.7 Å². The molecule has 12 heteroatoms. The van der Waals surface area contributed by atoms with Gasteiger partial charge in [0.25, 0.3) is 5.91 Å². The number of hydrogen-bond donors (Lipinski definition) is 2. The van der Waals surface area contributed by atoms with Gasteiger partial charge in [0.15, 0.2) is 29.4 Å². The zero-order chi connectivity index (χ0) is 26.6. The Hall–Kier alpha value is -4.09. The van der Waals surface area contributed by atoms with E-state index in [2.05, 4.69) is 10.1 Å². The van der Waals surface area contributed by atoms with Crippen molar-refractivity contribution >= 4 is 29.8 Å². The Labute approximate surface area is 202 Å². The number of nitrogens with zero attached hydrogens (tertiary/aromatic N) is 1. The second kappa shape index (κ2) is 11.1. The number of nitrogens with one attached hydrogen (secondary N) is 1. The van der Waals surface area contributed by atoms with Crippen LogP contribution in [0.3, 0.4) is 0 Å². The minimum absolute atomic E-state index is 0.0466. The number of carboxylic acid groups (broad SMARTS) is 1. The summed E-state index contributed by atoms with van der Waals surface area (Å²) in [6.45, 7) is 0.404. The molecule has 2 atom stereocenters. The van der Waals surface area contributed by atoms with Crippen LogP contribution in [-0.2, 0) is 20.8 Å². The highest BCUT2D eigenvalue weighted by atomic mass is 19.2. The van der Waals surface area contributed by atoms with Crippen LogP contribution < -0.4 is 10.1 Å². The largest absolute Gasteiger partial charge is 0.481 e. The molecule has 1 aliphatic rings. The van der Waals surface area contributed by atoms with Crippen molar-refractivity contribution in [3.8, 4) is 5.75 Å². The minimum atomic E-state index is -1.88. The molecular formula is C24H21F4N2O6+. The minimum Gasteiger partial charge on any atom is -0.481 e. The average Bonchev–Trinajstić information content (AvgIpc) is 2.84. The lowest BCUT2D eigenvalue weighted by molar-refractivity contribution is -0.456. The number of carbonyl (C=O) groups excluding carboxylic acids is 3. The number of fused-ring (bicyclic) bond motifs is 1. The monoisotopic (exact) mass is 509 g/mol. The Balaban J connectivity index is 1.76. The molecule has 0 bridgehead atoms. The molecule has 3 rings (SSSR count). The van der Waals surface area contributed by atoms with E-state index >= 15 is 0 Å². The first-order chi connectivity index (χ1) is 17.0. The Kier molecular flexibility index (Phi) is 8.18. The molecule has 1 aliphatic heterocycles. The fourth-order valence-corrected chi connectivity index (χ4v) is 3.71. The zero-order valence-corrected chi connectivity index (χ0v) is 18.9. The van der Waals surface area contributed by atoms with Crippen LogP contribution in [0.15, 0.2) is 30.3 Å². The summed E-state index contributed by atoms with van der Waals surface area (Å²) < 4.78 is 60.1. The van der Waals surface area contributed by atoms with E-state index in [1.54, 1.807) is 31.2 Å². The first-order valence-electron chi connectivity index (χ1n) is 10.8. The van der Waals surface area contributed by atoms with Gasteiger partial charge in [0.05, 0.1) is 18.4 Å². The van der Waals surface area contributed by atoms with Crippen molar-refractivity contribution < 1.29 is 51.2 Å². The van der Waals surface area contributed by atoms with Gasteiger partial charge in [0.2, 0.25) is 17.7 Å². The van der Waals surface area contributed by atoms with Crippen LogP contribution in [0.5, 0.6) is 5.75 Å². The van der Waals surface area contributed by atoms with Crippen molar-refractivity contribution in [1.29, 1.82) is 0 Å². The summed E-state index contributed by atoms with van der Waals surface area (Å²) in [7, 11) is 0. The molecule has 1 heterocycles. The van der Waals surface area contributed by atoms with Gasteiger partial charge < -0.3 is 15.2 Å². The second-order valence-corrected chi connectivity index (χ2v) is 7.89. The van der Waals surface area contributed by atoms with Crippen LogP contribution in [0.1, 0.15) is 35.7 Å². The highest BCUT2D eigenvalue weighted by Crippen LogP contribution is 2.26. The molecule has 8 nitrogen and oxygen atoms in total. The van der Waals surface area contributed by atoms with Gasteiger partial charge in [-0.1, -0.05) is 25.1 Å². The van der Waals surface area contributed by atoms with Gasteiger partial charge in [-0.2, -0.15) is 13.4 Å². The van der Waals surface area contributed by atoms with Crippen molar-refractivity contribution in [1.82, 2.24) is 5.32 Å². The van der Waals surface area contributed by atoms with E-state index in [1.165, 1.54) is 10.8 Å². The molecule has 0 aliphatic carbocycles. The van der Waals surface area contributed by atoms with Crippen molar-refractivity contribution in [2.75, 3.05) is 6.61 Å². The van der Waals surface area contributed by atoms with Crippen LogP contribution in [0.25, 0.3) is 0 Å². The van der Waals surface area contributed by atoms with Crippen molar-refractivity contribution in [3.63, 3.8) is 0 Å². The lowest BCUT2D eigenvalue weighted by atomic mass is 9.99. The molecule has 190 valence electrons. The lowest BCUT2D eigenvalue weighted by Crippen LogP contribution is -2.52. The molecule has 36 heavy (non-hydrogen) atoms. The maximum Gasteiger partial charge on any atom is 0.420 e. The second-order valence-electron chi connectivity index (χ2n) is 7.89. The predicted octanol–water partition coefficient (Wildman–Crippen LogP) is 2.41. The molecule has 0 radical (unpaired) electrons. The number of amides is 2. The fourth-order valence-electron chi connectivity index (χ4n) is 3.71. The lowest BCUT2D eigenvalue weighted by Gasteiger charge is -2.20. The summed E-state index contributed by atoms with van der Waals surface area (Å²) in [6.07, 6.45) is 1.06. The van der Waals surface area contributed by atoms with Crippen LogP contribution in [0, 0.1) is 23.3 Å². The maximum atomic E-state index is 13.8. The van der Waals surface area contributed by atoms with E-state index in [0.717, 1.165) is 5.56 Å². The summed E-state index contributed by atoms with van der Waals surface area (Å²) in [6, 6.07) is 3.93. The molecule has 0 fully saturated rings. The van der Waals surface area contributed by atoms with Gasteiger partial charge >= 0.3 is 11.9 Å². The molecule has 0 saturated carbocycles. The number of hydrogen-bond acceptors (Lipinski definition) is 5. The number of carbonyl (C=O) groups is 4. The third-order valence-electron chi connectivity index (χ3n) is 5.53. The number of ketones is 1. The van der Waals surface area contributed by atoms with Crippen LogP contribution in [0.4, 0.5) is 17.6 Å². The van der Waals surface area contributed by atoms with Gasteiger partial charge in [-0.05, 0) is 11.6 Å². The van der Waals surface area contributed by atoms with Gasteiger partial charge in [-0.3, -0.25) is 14.4 Å². The molecule has 0 saturated heterocycles. The van der Waals surface area contributed by atoms with E-state index in [-0.39, 0.29) is 12.5 Å². The molecule has 0 aromatic heterocycles. The normalized spacial score (nSPS) is 14.4. The zero-order valence-electron chi connectivity index (χ0n) is 18.9. The summed E-state index contributed by atoms with van der Waals surface area (Å²) in [5.74, 6) is -12.7. The number of carboxylic acids is 1. The summed E-state index contributed by atoms with van der Waals surface area (Å²) in [5.41, 5.74) is 1.16. The van der Waals surface area contributed by atoms with Crippen molar-refractivity contribution in [2.45, 2.75) is 38.3 Å². The quantitative estimate of drug-likeness (QED) is 0.289. The highest BCUT2D eigenvalue weighted by molar-refractivity contribution is 5.98. The van der Waals surface area contributed by atoms with Crippen molar-refractivity contribution in [2.24, 2.45) is 0 Å². The average molecular weight is 509 g/mol. The number of Topliss-reactive ketones (excluding diaryl/α,β-unsaturated/α-hetero) is 1. The topological polar surface area (TPSA) is 113 Å². The Morgan fingerprint density at radius 3 is 2.36 bits per heavy atom. The van der Waals surface area contributed by atoms with Gasteiger partial charge in [0, 0.05) is 12.5 Å². The molecule has 2 aromatic carbocycles. The van der Waals surface area contributed by atoms with E-state index in [9.17, 15) is 36.7 Å². The number of aliphatic carboxylic acids is 1. The highest BCUT2D eigenvalue weighted by Gasteiger charge is 2.39. The first-order valence-corrected chi connectivity index (χ1v) is 10.8. The van der Waals surface area contributed by atoms with Gasteiger partial charge in [-0.25, -0.2) is 13.6 Å². The first kappa shape index (κ1) is 26.5. The number of ether oxygens (including phenoxy) is 1. The number of benzene rings is 2. The van der Waals surface area contributed by atoms with Crippen LogP contribution in [0.2, 0.25) is 0 Å². The Morgan fingerprint density at radius 2 is 1.75 bits per heavy atom. The molecular weight excluding hydrogens is 488 g/mol. The molecule has 2 amide bonds. The SMILES string of the molecule is CC[C@@H](C(=O)N[C@@H](CC(=O)O)C(=O)COc1c(F)c(F)cc(F)c1F)[N+]1=CCc2ccccc2C1=O. The summed E-state index contributed by atoms with van der Waals surface area (Å²) in [5, 5.41) is 11.4. The summed E-state index contributed by atoms with van der Waals surface area (Å²) >= 11 is 0. The predicted molar refractivity (Wildman–Crippen MR) is 116 cm³/mol. The maximum absolute atomic E-state index is 13.8. The van der Waals surface area contributed by atoms with E-state index in [0.29, 0.717) is 12.0 Å². The standard InChI is InChI=1S/C24H20F4N2O6/c1-2-17(30-8-7-12-5-3-4-6-13(12)24(30)35)23(34)29-16(10-19(32)33)18(31)11-36-22-20(27)14(25)9-15(26)21(22)28/h3-6,8-9,16-17H,2,7,10-11H2,1H3,(H-,29,32,33,34)/p+1/t16-,17-/m0/s1. The van der Waals surface area contributed by atoms with Crippen LogP contribution in [-0.4, -0.2) is 58.2 Å². The third-order valence-corrected chi connectivity index (χ3v) is 5.53. The number of rotatable bonds is 10. The Bertz CT molecular complexity index is 1240.